The van der Waals surface area contributed by atoms with E-state index >= 15 is 0 Å². The van der Waals surface area contributed by atoms with Gasteiger partial charge >= 0.3 is 0 Å². The van der Waals surface area contributed by atoms with Crippen LogP contribution >= 0.6 is 15.9 Å². The number of hydrogen-bond donors (Lipinski definition) is 0. The molecule has 16 heavy (non-hydrogen) atoms. The second-order valence-electron chi connectivity index (χ2n) is 4.01. The molecule has 5 heteroatoms. The van der Waals surface area contributed by atoms with Crippen molar-refractivity contribution in [2.45, 2.75) is 0 Å². The van der Waals surface area contributed by atoms with Crippen LogP contribution in [0.25, 0.3) is 0 Å². The highest BCUT2D eigenvalue weighted by atomic mass is 79.9. The predicted octanol–water partition coefficient (Wildman–Crippen LogP) is 2.48. The van der Waals surface area contributed by atoms with E-state index in [0.29, 0.717) is 10.2 Å². The van der Waals surface area contributed by atoms with Crippen molar-refractivity contribution < 1.29 is 8.78 Å². The SMILES string of the molecule is CN1CCN(c2cc(Br)cc(F)c2F)CC1. The Morgan fingerprint density at radius 1 is 1.12 bits per heavy atom. The first-order chi connectivity index (χ1) is 7.58. The summed E-state index contributed by atoms with van der Waals surface area (Å²) < 4.78 is 27.4. The molecular formula is C11H13BrF2N2. The number of likely N-dealkylation sites (N-methyl/N-ethyl adjacent to an activating group) is 1. The minimum Gasteiger partial charge on any atom is -0.366 e. The predicted molar refractivity (Wildman–Crippen MR) is 63.8 cm³/mol. The van der Waals surface area contributed by atoms with E-state index in [1.807, 2.05) is 11.9 Å². The molecule has 0 aliphatic carbocycles. The van der Waals surface area contributed by atoms with Gasteiger partial charge in [0.2, 0.25) is 0 Å². The fourth-order valence-corrected chi connectivity index (χ4v) is 2.24. The Morgan fingerprint density at radius 2 is 1.75 bits per heavy atom. The van der Waals surface area contributed by atoms with E-state index in [4.69, 9.17) is 0 Å². The number of nitrogens with zero attached hydrogens (tertiary/aromatic N) is 2. The summed E-state index contributed by atoms with van der Waals surface area (Å²) in [5.74, 6) is -1.56. The third-order valence-electron chi connectivity index (χ3n) is 2.82. The van der Waals surface area contributed by atoms with Crippen LogP contribution in [0.3, 0.4) is 0 Å². The molecule has 1 fully saturated rings. The quantitative estimate of drug-likeness (QED) is 0.733. The van der Waals surface area contributed by atoms with Gasteiger partial charge in [0.15, 0.2) is 11.6 Å². The Kier molecular flexibility index (Phi) is 3.44. The van der Waals surface area contributed by atoms with Gasteiger partial charge in [-0.05, 0) is 19.2 Å². The molecule has 1 saturated heterocycles. The van der Waals surface area contributed by atoms with Crippen LogP contribution in [0.2, 0.25) is 0 Å². The Labute approximate surface area is 102 Å². The number of rotatable bonds is 1. The van der Waals surface area contributed by atoms with Crippen LogP contribution in [0, 0.1) is 11.6 Å². The van der Waals surface area contributed by atoms with Crippen molar-refractivity contribution in [2.75, 3.05) is 38.1 Å². The molecule has 0 amide bonds. The lowest BCUT2D eigenvalue weighted by Gasteiger charge is -2.34. The van der Waals surface area contributed by atoms with Gasteiger partial charge in [-0.2, -0.15) is 0 Å². The molecule has 2 nitrogen and oxygen atoms in total. The number of halogens is 3. The van der Waals surface area contributed by atoms with Gasteiger partial charge in [-0.25, -0.2) is 8.78 Å². The molecule has 1 aromatic carbocycles. The summed E-state index contributed by atoms with van der Waals surface area (Å²) in [4.78, 5) is 4.05. The average Bonchev–Trinajstić information content (AvgIpc) is 2.25. The zero-order valence-corrected chi connectivity index (χ0v) is 10.6. The van der Waals surface area contributed by atoms with Gasteiger partial charge in [-0.15, -0.1) is 0 Å². The van der Waals surface area contributed by atoms with Crippen LogP contribution in [0.5, 0.6) is 0 Å². The van der Waals surface area contributed by atoms with E-state index < -0.39 is 11.6 Å². The molecule has 0 N–H and O–H groups in total. The van der Waals surface area contributed by atoms with Gasteiger partial charge < -0.3 is 9.80 Å². The van der Waals surface area contributed by atoms with Gasteiger partial charge in [0.05, 0.1) is 5.69 Å². The summed E-state index contributed by atoms with van der Waals surface area (Å²) in [6, 6.07) is 2.78. The zero-order valence-electron chi connectivity index (χ0n) is 9.01. The van der Waals surface area contributed by atoms with Crippen molar-refractivity contribution in [3.63, 3.8) is 0 Å². The fraction of sp³-hybridized carbons (Fsp3) is 0.455. The van der Waals surface area contributed by atoms with Gasteiger partial charge in [-0.1, -0.05) is 15.9 Å². The minimum atomic E-state index is -0.802. The van der Waals surface area contributed by atoms with Gasteiger partial charge in [0.25, 0.3) is 0 Å². The Balaban J connectivity index is 2.26. The molecule has 1 aromatic rings. The molecular weight excluding hydrogens is 278 g/mol. The van der Waals surface area contributed by atoms with E-state index in [1.165, 1.54) is 0 Å². The molecule has 1 heterocycles. The summed E-state index contributed by atoms with van der Waals surface area (Å²) in [6.07, 6.45) is 0. The fourth-order valence-electron chi connectivity index (χ4n) is 1.82. The second kappa shape index (κ2) is 4.67. The Bertz CT molecular complexity index is 390. The van der Waals surface area contributed by atoms with Crippen molar-refractivity contribution in [1.82, 2.24) is 4.90 Å². The normalized spacial score (nSPS) is 17.9. The van der Waals surface area contributed by atoms with Crippen molar-refractivity contribution in [2.24, 2.45) is 0 Å². The van der Waals surface area contributed by atoms with Crippen LogP contribution in [-0.4, -0.2) is 38.1 Å². The third kappa shape index (κ3) is 2.35. The van der Waals surface area contributed by atoms with Gasteiger partial charge in [0, 0.05) is 30.7 Å². The molecule has 0 aromatic heterocycles. The minimum absolute atomic E-state index is 0.347. The summed E-state index contributed by atoms with van der Waals surface area (Å²) >= 11 is 3.18. The van der Waals surface area contributed by atoms with E-state index in [-0.39, 0.29) is 0 Å². The Morgan fingerprint density at radius 3 is 2.38 bits per heavy atom. The number of piperazine rings is 1. The van der Waals surface area contributed by atoms with Crippen molar-refractivity contribution in [1.29, 1.82) is 0 Å². The standard InChI is InChI=1S/C11H13BrF2N2/c1-15-2-4-16(5-3-15)10-7-8(12)6-9(13)11(10)14/h6-7H,2-5H2,1H3. The molecule has 1 aliphatic rings. The molecule has 0 unspecified atom stereocenters. The topological polar surface area (TPSA) is 6.48 Å². The highest BCUT2D eigenvalue weighted by Gasteiger charge is 2.19. The molecule has 0 saturated carbocycles. The van der Waals surface area contributed by atoms with Crippen molar-refractivity contribution in [3.05, 3.63) is 28.2 Å². The molecule has 0 bridgehead atoms. The summed E-state index contributed by atoms with van der Waals surface area (Å²) in [6.45, 7) is 3.19. The summed E-state index contributed by atoms with van der Waals surface area (Å²) in [7, 11) is 2.02. The maximum absolute atomic E-state index is 13.6. The number of anilines is 1. The maximum atomic E-state index is 13.6. The van der Waals surface area contributed by atoms with Crippen molar-refractivity contribution >= 4 is 21.6 Å². The summed E-state index contributed by atoms with van der Waals surface area (Å²) in [5, 5.41) is 0. The molecule has 2 rings (SSSR count). The highest BCUT2D eigenvalue weighted by molar-refractivity contribution is 9.10. The smallest absolute Gasteiger partial charge is 0.182 e. The number of benzene rings is 1. The molecule has 88 valence electrons. The lowest BCUT2D eigenvalue weighted by Crippen LogP contribution is -2.44. The first-order valence-electron chi connectivity index (χ1n) is 5.16. The van der Waals surface area contributed by atoms with Crippen LogP contribution in [0.4, 0.5) is 14.5 Å². The van der Waals surface area contributed by atoms with Crippen LogP contribution in [0.1, 0.15) is 0 Å². The first kappa shape index (κ1) is 11.8. The summed E-state index contributed by atoms with van der Waals surface area (Å²) in [5.41, 5.74) is 0.347. The highest BCUT2D eigenvalue weighted by Crippen LogP contribution is 2.27. The average molecular weight is 291 g/mol. The van der Waals surface area contributed by atoms with Crippen molar-refractivity contribution in [3.8, 4) is 0 Å². The van der Waals surface area contributed by atoms with Crippen LogP contribution in [0.15, 0.2) is 16.6 Å². The first-order valence-corrected chi connectivity index (χ1v) is 5.95. The molecule has 0 radical (unpaired) electrons. The van der Waals surface area contributed by atoms with Gasteiger partial charge in [0.1, 0.15) is 0 Å². The monoisotopic (exact) mass is 290 g/mol. The molecule has 1 aliphatic heterocycles. The lowest BCUT2D eigenvalue weighted by atomic mass is 10.2. The van der Waals surface area contributed by atoms with E-state index in [9.17, 15) is 8.78 Å². The molecule has 0 spiro atoms. The van der Waals surface area contributed by atoms with Crippen LogP contribution in [-0.2, 0) is 0 Å². The van der Waals surface area contributed by atoms with E-state index in [0.717, 1.165) is 32.2 Å². The Hall–Kier alpha value is -0.680. The number of hydrogen-bond acceptors (Lipinski definition) is 2. The zero-order chi connectivity index (χ0) is 11.7. The van der Waals surface area contributed by atoms with E-state index in [1.54, 1.807) is 6.07 Å². The molecule has 0 atom stereocenters. The maximum Gasteiger partial charge on any atom is 0.182 e. The second-order valence-corrected chi connectivity index (χ2v) is 4.93. The van der Waals surface area contributed by atoms with Gasteiger partial charge in [-0.3, -0.25) is 0 Å². The van der Waals surface area contributed by atoms with E-state index in [2.05, 4.69) is 20.8 Å². The largest absolute Gasteiger partial charge is 0.366 e. The van der Waals surface area contributed by atoms with Crippen LogP contribution < -0.4 is 4.90 Å². The lowest BCUT2D eigenvalue weighted by molar-refractivity contribution is 0.311. The third-order valence-corrected chi connectivity index (χ3v) is 3.28.